The quantitative estimate of drug-likeness (QED) is 0.620. The van der Waals surface area contributed by atoms with Crippen molar-refractivity contribution in [1.82, 2.24) is 20.1 Å². The van der Waals surface area contributed by atoms with Gasteiger partial charge in [-0.3, -0.25) is 9.36 Å². The SMILES string of the molecule is CC(CCc1ccccc1)NC(=O)CSc1nncn1-c1ccccc1. The van der Waals surface area contributed by atoms with Gasteiger partial charge in [-0.15, -0.1) is 10.2 Å². The molecule has 0 radical (unpaired) electrons. The van der Waals surface area contributed by atoms with E-state index in [1.807, 2.05) is 60.0 Å². The second kappa shape index (κ2) is 9.20. The Balaban J connectivity index is 1.47. The van der Waals surface area contributed by atoms with Crippen LogP contribution in [0.1, 0.15) is 18.9 Å². The Morgan fingerprint density at radius 1 is 1.12 bits per heavy atom. The van der Waals surface area contributed by atoms with Gasteiger partial charge in [0.1, 0.15) is 6.33 Å². The molecule has 3 aromatic rings. The number of rotatable bonds is 8. The molecule has 0 bridgehead atoms. The third kappa shape index (κ3) is 5.20. The maximum atomic E-state index is 12.2. The van der Waals surface area contributed by atoms with E-state index in [1.165, 1.54) is 17.3 Å². The van der Waals surface area contributed by atoms with Gasteiger partial charge in [-0.05, 0) is 37.5 Å². The van der Waals surface area contributed by atoms with E-state index in [2.05, 4.69) is 27.6 Å². The van der Waals surface area contributed by atoms with Crippen molar-refractivity contribution in [1.29, 1.82) is 0 Å². The number of thioether (sulfide) groups is 1. The van der Waals surface area contributed by atoms with Crippen LogP contribution in [0.5, 0.6) is 0 Å². The number of nitrogens with one attached hydrogen (secondary N) is 1. The summed E-state index contributed by atoms with van der Waals surface area (Å²) in [6.45, 7) is 2.04. The van der Waals surface area contributed by atoms with Gasteiger partial charge in [0, 0.05) is 11.7 Å². The number of benzene rings is 2. The minimum atomic E-state index is 0.0122. The molecule has 5 nitrogen and oxygen atoms in total. The van der Waals surface area contributed by atoms with Crippen LogP contribution in [0, 0.1) is 0 Å². The van der Waals surface area contributed by atoms with Gasteiger partial charge < -0.3 is 5.32 Å². The van der Waals surface area contributed by atoms with Gasteiger partial charge in [0.05, 0.1) is 5.75 Å². The smallest absolute Gasteiger partial charge is 0.230 e. The molecule has 1 unspecified atom stereocenters. The molecule has 0 fully saturated rings. The summed E-state index contributed by atoms with van der Waals surface area (Å²) in [5, 5.41) is 11.8. The molecule has 0 aliphatic heterocycles. The molecule has 0 aliphatic rings. The van der Waals surface area contributed by atoms with Crippen molar-refractivity contribution in [2.75, 3.05) is 5.75 Å². The number of hydrogen-bond donors (Lipinski definition) is 1. The Labute approximate surface area is 157 Å². The Morgan fingerprint density at radius 3 is 2.54 bits per heavy atom. The number of carbonyl (C=O) groups excluding carboxylic acids is 1. The lowest BCUT2D eigenvalue weighted by Gasteiger charge is -2.14. The highest BCUT2D eigenvalue weighted by Gasteiger charge is 2.12. The number of carbonyl (C=O) groups is 1. The van der Waals surface area contributed by atoms with E-state index in [1.54, 1.807) is 6.33 Å². The summed E-state index contributed by atoms with van der Waals surface area (Å²) < 4.78 is 1.89. The Morgan fingerprint density at radius 2 is 1.81 bits per heavy atom. The zero-order valence-corrected chi connectivity index (χ0v) is 15.5. The molecule has 0 saturated heterocycles. The van der Waals surface area contributed by atoms with Gasteiger partial charge in [0.25, 0.3) is 0 Å². The third-order valence-electron chi connectivity index (χ3n) is 4.00. The highest BCUT2D eigenvalue weighted by atomic mass is 32.2. The van der Waals surface area contributed by atoms with Gasteiger partial charge in [0.2, 0.25) is 5.91 Å². The Hall–Kier alpha value is -2.60. The predicted molar refractivity (Wildman–Crippen MR) is 104 cm³/mol. The summed E-state index contributed by atoms with van der Waals surface area (Å²) in [6.07, 6.45) is 3.54. The lowest BCUT2D eigenvalue weighted by Crippen LogP contribution is -2.34. The molecule has 0 spiro atoms. The first-order valence-corrected chi connectivity index (χ1v) is 9.62. The van der Waals surface area contributed by atoms with E-state index in [-0.39, 0.29) is 11.9 Å². The summed E-state index contributed by atoms with van der Waals surface area (Å²) in [6, 6.07) is 20.3. The largest absolute Gasteiger partial charge is 0.353 e. The average molecular weight is 366 g/mol. The topological polar surface area (TPSA) is 59.8 Å². The Bertz CT molecular complexity index is 820. The summed E-state index contributed by atoms with van der Waals surface area (Å²) in [5.74, 6) is 0.333. The lowest BCUT2D eigenvalue weighted by molar-refractivity contribution is -0.119. The molecule has 26 heavy (non-hydrogen) atoms. The predicted octanol–water partition coefficient (Wildman–Crippen LogP) is 3.50. The van der Waals surface area contributed by atoms with Crippen molar-refractivity contribution >= 4 is 17.7 Å². The zero-order chi connectivity index (χ0) is 18.2. The van der Waals surface area contributed by atoms with Crippen LogP contribution in [-0.2, 0) is 11.2 Å². The molecule has 1 atom stereocenters. The minimum absolute atomic E-state index is 0.0122. The molecule has 1 aromatic heterocycles. The molecular weight excluding hydrogens is 344 g/mol. The summed E-state index contributed by atoms with van der Waals surface area (Å²) in [7, 11) is 0. The number of amides is 1. The molecule has 3 rings (SSSR count). The number of para-hydroxylation sites is 1. The van der Waals surface area contributed by atoms with Crippen molar-refractivity contribution < 1.29 is 4.79 Å². The average Bonchev–Trinajstić information content (AvgIpc) is 3.15. The molecule has 0 saturated carbocycles. The van der Waals surface area contributed by atoms with Crippen molar-refractivity contribution in [3.05, 3.63) is 72.6 Å². The van der Waals surface area contributed by atoms with E-state index < -0.39 is 0 Å². The van der Waals surface area contributed by atoms with Crippen LogP contribution in [-0.4, -0.2) is 32.5 Å². The van der Waals surface area contributed by atoms with Crippen LogP contribution in [0.15, 0.2) is 72.1 Å². The molecule has 1 heterocycles. The molecule has 134 valence electrons. The van der Waals surface area contributed by atoms with Crippen LogP contribution in [0.25, 0.3) is 5.69 Å². The summed E-state index contributed by atoms with van der Waals surface area (Å²) in [4.78, 5) is 12.2. The maximum absolute atomic E-state index is 12.2. The van der Waals surface area contributed by atoms with Gasteiger partial charge in [-0.1, -0.05) is 60.3 Å². The normalized spacial score (nSPS) is 11.9. The van der Waals surface area contributed by atoms with E-state index in [0.717, 1.165) is 18.5 Å². The summed E-state index contributed by atoms with van der Waals surface area (Å²) in [5.41, 5.74) is 2.27. The second-order valence-electron chi connectivity index (χ2n) is 6.10. The number of aryl methyl sites for hydroxylation is 1. The van der Waals surface area contributed by atoms with Crippen LogP contribution in [0.3, 0.4) is 0 Å². The minimum Gasteiger partial charge on any atom is -0.353 e. The van der Waals surface area contributed by atoms with Crippen LogP contribution >= 0.6 is 11.8 Å². The van der Waals surface area contributed by atoms with Crippen LogP contribution in [0.2, 0.25) is 0 Å². The first kappa shape index (κ1) is 18.2. The standard InChI is InChI=1S/C20H22N4OS/c1-16(12-13-17-8-4-2-5-9-17)22-19(25)14-26-20-23-21-15-24(20)18-10-6-3-7-11-18/h2-11,15-16H,12-14H2,1H3,(H,22,25). The highest BCUT2D eigenvalue weighted by Crippen LogP contribution is 2.19. The first-order valence-electron chi connectivity index (χ1n) is 8.64. The fraction of sp³-hybridized carbons (Fsp3) is 0.250. The van der Waals surface area contributed by atoms with Crippen LogP contribution < -0.4 is 5.32 Å². The fourth-order valence-corrected chi connectivity index (χ4v) is 3.38. The maximum Gasteiger partial charge on any atom is 0.230 e. The van der Waals surface area contributed by atoms with Crippen molar-refractivity contribution in [3.8, 4) is 5.69 Å². The number of nitrogens with zero attached hydrogens (tertiary/aromatic N) is 3. The van der Waals surface area contributed by atoms with Crippen molar-refractivity contribution in [2.45, 2.75) is 31.0 Å². The van der Waals surface area contributed by atoms with E-state index >= 15 is 0 Å². The number of aromatic nitrogens is 3. The first-order chi connectivity index (χ1) is 12.7. The second-order valence-corrected chi connectivity index (χ2v) is 7.04. The van der Waals surface area contributed by atoms with Gasteiger partial charge in [-0.2, -0.15) is 0 Å². The van der Waals surface area contributed by atoms with Gasteiger partial charge >= 0.3 is 0 Å². The lowest BCUT2D eigenvalue weighted by atomic mass is 10.1. The molecule has 1 amide bonds. The van der Waals surface area contributed by atoms with E-state index in [4.69, 9.17) is 0 Å². The molecule has 1 N–H and O–H groups in total. The molecular formula is C20H22N4OS. The summed E-state index contributed by atoms with van der Waals surface area (Å²) >= 11 is 1.39. The van der Waals surface area contributed by atoms with Crippen LogP contribution in [0.4, 0.5) is 0 Å². The molecule has 6 heteroatoms. The molecule has 2 aromatic carbocycles. The van der Waals surface area contributed by atoms with E-state index in [0.29, 0.717) is 10.9 Å². The highest BCUT2D eigenvalue weighted by molar-refractivity contribution is 7.99. The van der Waals surface area contributed by atoms with Crippen molar-refractivity contribution in [3.63, 3.8) is 0 Å². The monoisotopic (exact) mass is 366 g/mol. The third-order valence-corrected chi connectivity index (χ3v) is 4.94. The van der Waals surface area contributed by atoms with Gasteiger partial charge in [0.15, 0.2) is 5.16 Å². The van der Waals surface area contributed by atoms with Gasteiger partial charge in [-0.25, -0.2) is 0 Å². The zero-order valence-electron chi connectivity index (χ0n) is 14.7. The van der Waals surface area contributed by atoms with E-state index in [9.17, 15) is 4.79 Å². The van der Waals surface area contributed by atoms with Crippen molar-refractivity contribution in [2.24, 2.45) is 0 Å². The Kier molecular flexibility index (Phi) is 6.44. The molecule has 0 aliphatic carbocycles. The number of hydrogen-bond acceptors (Lipinski definition) is 4. The fourth-order valence-electron chi connectivity index (χ4n) is 2.64.